The number of rotatable bonds is 4. The van der Waals surface area contributed by atoms with Gasteiger partial charge in [-0.25, -0.2) is 9.78 Å². The van der Waals surface area contributed by atoms with Crippen molar-refractivity contribution in [3.63, 3.8) is 0 Å². The van der Waals surface area contributed by atoms with Crippen LogP contribution in [0.2, 0.25) is 0 Å². The van der Waals surface area contributed by atoms with Crippen LogP contribution in [0.3, 0.4) is 0 Å². The largest absolute Gasteiger partial charge is 0.497 e. The summed E-state index contributed by atoms with van der Waals surface area (Å²) in [5, 5.41) is 0. The molecule has 0 aliphatic heterocycles. The van der Waals surface area contributed by atoms with Crippen LogP contribution >= 0.6 is 0 Å². The lowest BCUT2D eigenvalue weighted by molar-refractivity contribution is 0.0468. The van der Waals surface area contributed by atoms with E-state index in [1.54, 1.807) is 31.4 Å². The molecule has 0 saturated carbocycles. The minimum absolute atomic E-state index is 0.136. The van der Waals surface area contributed by atoms with Crippen molar-refractivity contribution in [2.24, 2.45) is 0 Å². The second-order valence-electron chi connectivity index (χ2n) is 5.01. The van der Waals surface area contributed by atoms with Gasteiger partial charge in [0.15, 0.2) is 0 Å². The summed E-state index contributed by atoms with van der Waals surface area (Å²) < 4.78 is 12.3. The van der Waals surface area contributed by atoms with E-state index in [2.05, 4.69) is 4.98 Å². The molecule has 0 saturated heterocycles. The van der Waals surface area contributed by atoms with Gasteiger partial charge in [0.25, 0.3) is 0 Å². The normalized spacial score (nSPS) is 10.6. The molecular formula is C17H16N2O3. The highest BCUT2D eigenvalue weighted by Gasteiger charge is 2.10. The third-order valence-electron chi connectivity index (χ3n) is 3.31. The number of methoxy groups -OCH3 is 1. The number of fused-ring (bicyclic) bond motifs is 1. The van der Waals surface area contributed by atoms with E-state index in [0.29, 0.717) is 17.0 Å². The number of aryl methyl sites for hydroxylation is 1. The zero-order chi connectivity index (χ0) is 15.5. The first kappa shape index (κ1) is 14.1. The second kappa shape index (κ2) is 5.89. The predicted octanol–water partition coefficient (Wildman–Crippen LogP) is 3.01. The van der Waals surface area contributed by atoms with E-state index in [-0.39, 0.29) is 6.61 Å². The number of aromatic nitrogens is 2. The van der Waals surface area contributed by atoms with Crippen molar-refractivity contribution in [2.45, 2.75) is 13.5 Å². The summed E-state index contributed by atoms with van der Waals surface area (Å²) in [6.45, 7) is 2.15. The van der Waals surface area contributed by atoms with Gasteiger partial charge in [-0.05, 0) is 36.8 Å². The van der Waals surface area contributed by atoms with Gasteiger partial charge in [-0.3, -0.25) is 0 Å². The smallest absolute Gasteiger partial charge is 0.338 e. The van der Waals surface area contributed by atoms with Crippen molar-refractivity contribution in [3.05, 3.63) is 65.6 Å². The number of carbonyl (C=O) groups is 1. The van der Waals surface area contributed by atoms with E-state index >= 15 is 0 Å². The molecule has 0 aliphatic rings. The Kier molecular flexibility index (Phi) is 3.78. The Morgan fingerprint density at radius 3 is 2.91 bits per heavy atom. The molecule has 1 aromatic carbocycles. The average molecular weight is 296 g/mol. The number of esters is 1. The van der Waals surface area contributed by atoms with Crippen LogP contribution in [-0.2, 0) is 11.3 Å². The lowest BCUT2D eigenvalue weighted by atomic mass is 10.2. The summed E-state index contributed by atoms with van der Waals surface area (Å²) in [5.74, 6) is 0.227. The van der Waals surface area contributed by atoms with Crippen LogP contribution in [0.25, 0.3) is 5.65 Å². The second-order valence-corrected chi connectivity index (χ2v) is 5.01. The van der Waals surface area contributed by atoms with Crippen molar-refractivity contribution < 1.29 is 14.3 Å². The van der Waals surface area contributed by atoms with Crippen molar-refractivity contribution in [1.82, 2.24) is 9.38 Å². The molecule has 22 heavy (non-hydrogen) atoms. The molecule has 0 spiro atoms. The SMILES string of the molecule is COc1cccc(C(=O)OCc2cn3cc(C)ccc3n2)c1. The zero-order valence-electron chi connectivity index (χ0n) is 12.4. The van der Waals surface area contributed by atoms with Crippen LogP contribution in [0.5, 0.6) is 5.75 Å². The highest BCUT2D eigenvalue weighted by Crippen LogP contribution is 2.14. The van der Waals surface area contributed by atoms with Gasteiger partial charge < -0.3 is 13.9 Å². The van der Waals surface area contributed by atoms with Crippen molar-refractivity contribution >= 4 is 11.6 Å². The van der Waals surface area contributed by atoms with Crippen molar-refractivity contribution in [2.75, 3.05) is 7.11 Å². The molecule has 0 fully saturated rings. The average Bonchev–Trinajstić information content (AvgIpc) is 2.94. The molecule has 112 valence electrons. The minimum atomic E-state index is -0.396. The van der Waals surface area contributed by atoms with Crippen LogP contribution in [0, 0.1) is 6.92 Å². The molecule has 0 radical (unpaired) electrons. The van der Waals surface area contributed by atoms with E-state index in [1.165, 1.54) is 0 Å². The minimum Gasteiger partial charge on any atom is -0.497 e. The maximum atomic E-state index is 12.0. The monoisotopic (exact) mass is 296 g/mol. The molecule has 0 bridgehead atoms. The third-order valence-corrected chi connectivity index (χ3v) is 3.31. The van der Waals surface area contributed by atoms with Gasteiger partial charge in [-0.1, -0.05) is 12.1 Å². The summed E-state index contributed by atoms with van der Waals surface area (Å²) in [6.07, 6.45) is 3.84. The van der Waals surface area contributed by atoms with Gasteiger partial charge >= 0.3 is 5.97 Å². The summed E-state index contributed by atoms with van der Waals surface area (Å²) in [4.78, 5) is 16.5. The number of nitrogens with zero attached hydrogens (tertiary/aromatic N) is 2. The number of hydrogen-bond donors (Lipinski definition) is 0. The Labute approximate surface area is 128 Å². The van der Waals surface area contributed by atoms with Gasteiger partial charge in [-0.15, -0.1) is 0 Å². The summed E-state index contributed by atoms with van der Waals surface area (Å²) in [7, 11) is 1.56. The molecule has 3 aromatic rings. The van der Waals surface area contributed by atoms with Gasteiger partial charge in [0.1, 0.15) is 18.0 Å². The zero-order valence-corrected chi connectivity index (χ0v) is 12.4. The maximum absolute atomic E-state index is 12.0. The number of imidazole rings is 1. The Hall–Kier alpha value is -2.82. The van der Waals surface area contributed by atoms with E-state index in [0.717, 1.165) is 11.2 Å². The fourth-order valence-corrected chi connectivity index (χ4v) is 2.20. The fraction of sp³-hybridized carbons (Fsp3) is 0.176. The van der Waals surface area contributed by atoms with E-state index < -0.39 is 5.97 Å². The molecule has 5 nitrogen and oxygen atoms in total. The molecule has 3 rings (SSSR count). The van der Waals surface area contributed by atoms with Crippen LogP contribution in [0.15, 0.2) is 48.8 Å². The Bertz CT molecular complexity index is 824. The first-order valence-electron chi connectivity index (χ1n) is 6.91. The van der Waals surface area contributed by atoms with E-state index in [4.69, 9.17) is 9.47 Å². The molecule has 0 aliphatic carbocycles. The summed E-state index contributed by atoms with van der Waals surface area (Å²) >= 11 is 0. The number of benzene rings is 1. The summed E-state index contributed by atoms with van der Waals surface area (Å²) in [5.41, 5.74) is 3.14. The molecule has 5 heteroatoms. The lowest BCUT2D eigenvalue weighted by Gasteiger charge is -2.04. The maximum Gasteiger partial charge on any atom is 0.338 e. The molecule has 0 atom stereocenters. The van der Waals surface area contributed by atoms with Gasteiger partial charge in [0.05, 0.1) is 18.4 Å². The molecule has 2 aromatic heterocycles. The first-order chi connectivity index (χ1) is 10.7. The highest BCUT2D eigenvalue weighted by atomic mass is 16.5. The van der Waals surface area contributed by atoms with Crippen LogP contribution in [0.4, 0.5) is 0 Å². The number of carbonyl (C=O) groups excluding carboxylic acids is 1. The molecule has 0 unspecified atom stereocenters. The number of ether oxygens (including phenoxy) is 2. The molecule has 0 N–H and O–H groups in total. The number of pyridine rings is 1. The van der Waals surface area contributed by atoms with Crippen molar-refractivity contribution in [3.8, 4) is 5.75 Å². The Morgan fingerprint density at radius 1 is 1.23 bits per heavy atom. The van der Waals surface area contributed by atoms with Crippen molar-refractivity contribution in [1.29, 1.82) is 0 Å². The third kappa shape index (κ3) is 2.93. The fourth-order valence-electron chi connectivity index (χ4n) is 2.20. The van der Waals surface area contributed by atoms with Gasteiger partial charge in [0, 0.05) is 12.4 Å². The summed E-state index contributed by atoms with van der Waals surface area (Å²) in [6, 6.07) is 10.8. The van der Waals surface area contributed by atoms with Gasteiger partial charge in [-0.2, -0.15) is 0 Å². The Balaban J connectivity index is 1.71. The quantitative estimate of drug-likeness (QED) is 0.694. The molecular weight excluding hydrogens is 280 g/mol. The molecule has 0 amide bonds. The lowest BCUT2D eigenvalue weighted by Crippen LogP contribution is -2.05. The Morgan fingerprint density at radius 2 is 2.09 bits per heavy atom. The highest BCUT2D eigenvalue weighted by molar-refractivity contribution is 5.89. The van der Waals surface area contributed by atoms with E-state index in [1.807, 2.05) is 35.9 Å². The van der Waals surface area contributed by atoms with Crippen LogP contribution in [0.1, 0.15) is 21.6 Å². The van der Waals surface area contributed by atoms with E-state index in [9.17, 15) is 4.79 Å². The van der Waals surface area contributed by atoms with Crippen LogP contribution in [-0.4, -0.2) is 22.5 Å². The van der Waals surface area contributed by atoms with Gasteiger partial charge in [0.2, 0.25) is 0 Å². The molecule has 2 heterocycles. The standard InChI is InChI=1S/C17H16N2O3/c1-12-6-7-16-18-14(10-19(16)9-12)11-22-17(20)13-4-3-5-15(8-13)21-2/h3-10H,11H2,1-2H3. The number of hydrogen-bond acceptors (Lipinski definition) is 4. The van der Waals surface area contributed by atoms with Crippen LogP contribution < -0.4 is 4.74 Å². The topological polar surface area (TPSA) is 52.8 Å². The first-order valence-corrected chi connectivity index (χ1v) is 6.91. The predicted molar refractivity (Wildman–Crippen MR) is 82.0 cm³/mol.